The van der Waals surface area contributed by atoms with Crippen LogP contribution in [0.5, 0.6) is 0 Å². The number of fused-ring (bicyclic) bond motifs is 1. The lowest BCUT2D eigenvalue weighted by atomic mass is 10.2. The lowest BCUT2D eigenvalue weighted by Crippen LogP contribution is -2.37. The summed E-state index contributed by atoms with van der Waals surface area (Å²) in [6, 6.07) is 7.58. The summed E-state index contributed by atoms with van der Waals surface area (Å²) in [5.74, 6) is -0.305. The van der Waals surface area contributed by atoms with E-state index in [-0.39, 0.29) is 5.91 Å². The molecule has 160 valence electrons. The van der Waals surface area contributed by atoms with Crippen molar-refractivity contribution in [2.24, 2.45) is 14.1 Å². The Kier molecular flexibility index (Phi) is 5.60. The summed E-state index contributed by atoms with van der Waals surface area (Å²) in [5, 5.41) is 5.28. The smallest absolute Gasteiger partial charge is 0.332 e. The number of carbonyl (C=O) groups excluding carboxylic acids is 1. The monoisotopic (exact) mass is 437 g/mol. The van der Waals surface area contributed by atoms with Crippen molar-refractivity contribution in [3.63, 3.8) is 0 Å². The van der Waals surface area contributed by atoms with E-state index in [1.54, 1.807) is 41.4 Å². The van der Waals surface area contributed by atoms with Crippen LogP contribution in [0.4, 0.5) is 0 Å². The molecule has 0 saturated carbocycles. The van der Waals surface area contributed by atoms with Crippen LogP contribution in [0.1, 0.15) is 29.4 Å². The van der Waals surface area contributed by atoms with Gasteiger partial charge in [-0.2, -0.15) is 0 Å². The molecule has 0 saturated heterocycles. The van der Waals surface area contributed by atoms with E-state index in [2.05, 4.69) is 10.3 Å². The molecule has 1 amide bonds. The molecule has 4 aromatic rings. The summed E-state index contributed by atoms with van der Waals surface area (Å²) >= 11 is 1.63. The summed E-state index contributed by atoms with van der Waals surface area (Å²) in [5.41, 5.74) is 1.87. The second-order valence-electron chi connectivity index (χ2n) is 7.37. The van der Waals surface area contributed by atoms with Crippen LogP contribution >= 0.6 is 11.3 Å². The number of pyridine rings is 1. The van der Waals surface area contributed by atoms with Gasteiger partial charge in [-0.25, -0.2) is 4.79 Å². The number of aryl methyl sites for hydroxylation is 2. The molecule has 8 nitrogen and oxygen atoms in total. The van der Waals surface area contributed by atoms with E-state index >= 15 is 0 Å². The molecule has 4 aromatic heterocycles. The maximum absolute atomic E-state index is 13.0. The summed E-state index contributed by atoms with van der Waals surface area (Å²) in [6.07, 6.45) is 4.27. The van der Waals surface area contributed by atoms with E-state index in [0.717, 1.165) is 27.0 Å². The van der Waals surface area contributed by atoms with Gasteiger partial charge >= 0.3 is 5.69 Å². The van der Waals surface area contributed by atoms with Crippen LogP contribution in [0, 0.1) is 0 Å². The maximum atomic E-state index is 13.0. The van der Waals surface area contributed by atoms with Gasteiger partial charge in [0.2, 0.25) is 0 Å². The molecule has 9 heteroatoms. The minimum absolute atomic E-state index is 0.301. The first-order valence-electron chi connectivity index (χ1n) is 9.97. The van der Waals surface area contributed by atoms with Crippen molar-refractivity contribution in [3.05, 3.63) is 74.1 Å². The Morgan fingerprint density at radius 3 is 2.68 bits per heavy atom. The molecule has 0 atom stereocenters. The molecular weight excluding hydrogens is 414 g/mol. The summed E-state index contributed by atoms with van der Waals surface area (Å²) in [4.78, 5) is 43.4. The molecule has 31 heavy (non-hydrogen) atoms. The Morgan fingerprint density at radius 1 is 1.16 bits per heavy atom. The molecule has 0 radical (unpaired) electrons. The van der Waals surface area contributed by atoms with Crippen molar-refractivity contribution < 1.29 is 4.79 Å². The fourth-order valence-electron chi connectivity index (χ4n) is 3.71. The molecule has 4 heterocycles. The quantitative estimate of drug-likeness (QED) is 0.502. The number of hydrogen-bond donors (Lipinski definition) is 1. The molecule has 0 unspecified atom stereocenters. The summed E-state index contributed by atoms with van der Waals surface area (Å²) < 4.78 is 4.22. The van der Waals surface area contributed by atoms with Gasteiger partial charge < -0.3 is 9.88 Å². The third kappa shape index (κ3) is 3.72. The molecular formula is C22H23N5O3S. The largest absolute Gasteiger partial charge is 0.347 e. The van der Waals surface area contributed by atoms with Crippen molar-refractivity contribution in [1.82, 2.24) is 24.0 Å². The minimum atomic E-state index is -0.420. The molecule has 0 spiro atoms. The molecule has 0 aliphatic heterocycles. The van der Waals surface area contributed by atoms with E-state index < -0.39 is 11.2 Å². The molecule has 0 fully saturated rings. The Balaban J connectivity index is 1.67. The number of thiophene rings is 1. The number of nitrogens with one attached hydrogen (secondary N) is 1. The topological polar surface area (TPSA) is 90.9 Å². The van der Waals surface area contributed by atoms with Crippen molar-refractivity contribution >= 4 is 28.3 Å². The number of carbonyl (C=O) groups is 1. The normalized spacial score (nSPS) is 11.2. The standard InChI is InChI=1S/C22H23N5O3S/c1-4-7-27-17(10-16-20(27)25(2)22(30)26(3)21(16)29)19(28)24-12-14-9-15(13-23-11-14)18-6-5-8-31-18/h5-6,8-11,13H,4,7,12H2,1-3H3,(H,24,28). The summed E-state index contributed by atoms with van der Waals surface area (Å²) in [6.45, 7) is 2.80. The van der Waals surface area contributed by atoms with E-state index in [9.17, 15) is 14.4 Å². The SMILES string of the molecule is CCCn1c(C(=O)NCc2cncc(-c3cccs3)c2)cc2c(=O)n(C)c(=O)n(C)c21. The van der Waals surface area contributed by atoms with Gasteiger partial charge in [0.25, 0.3) is 11.5 Å². The van der Waals surface area contributed by atoms with Crippen LogP contribution in [0.15, 0.2) is 51.6 Å². The zero-order valence-electron chi connectivity index (χ0n) is 17.6. The summed E-state index contributed by atoms with van der Waals surface area (Å²) in [7, 11) is 3.05. The second kappa shape index (κ2) is 8.35. The van der Waals surface area contributed by atoms with Crippen LogP contribution in [0.25, 0.3) is 21.5 Å². The maximum Gasteiger partial charge on any atom is 0.332 e. The fourth-order valence-corrected chi connectivity index (χ4v) is 4.42. The minimum Gasteiger partial charge on any atom is -0.347 e. The molecule has 0 aliphatic rings. The highest BCUT2D eigenvalue weighted by molar-refractivity contribution is 7.13. The molecule has 4 rings (SSSR count). The van der Waals surface area contributed by atoms with Crippen LogP contribution in [0.2, 0.25) is 0 Å². The van der Waals surface area contributed by atoms with Crippen LogP contribution in [-0.4, -0.2) is 24.6 Å². The first-order chi connectivity index (χ1) is 14.9. The Labute approximate surface area is 182 Å². The van der Waals surface area contributed by atoms with Gasteiger partial charge in [0.15, 0.2) is 0 Å². The zero-order valence-corrected chi connectivity index (χ0v) is 18.4. The van der Waals surface area contributed by atoms with Gasteiger partial charge in [-0.1, -0.05) is 13.0 Å². The second-order valence-corrected chi connectivity index (χ2v) is 8.31. The predicted octanol–water partition coefficient (Wildman–Crippen LogP) is 2.50. The van der Waals surface area contributed by atoms with Crippen molar-refractivity contribution in [3.8, 4) is 10.4 Å². The van der Waals surface area contributed by atoms with Gasteiger partial charge in [0, 0.05) is 50.0 Å². The van der Waals surface area contributed by atoms with Crippen molar-refractivity contribution in [2.75, 3.05) is 0 Å². The number of aromatic nitrogens is 4. The van der Waals surface area contributed by atoms with Gasteiger partial charge in [0.05, 0.1) is 5.39 Å². The van der Waals surface area contributed by atoms with Crippen LogP contribution in [0.3, 0.4) is 0 Å². The highest BCUT2D eigenvalue weighted by Crippen LogP contribution is 2.24. The van der Waals surface area contributed by atoms with Gasteiger partial charge in [0.1, 0.15) is 11.3 Å². The van der Waals surface area contributed by atoms with Gasteiger partial charge in [-0.3, -0.25) is 23.7 Å². The number of rotatable bonds is 6. The average molecular weight is 438 g/mol. The Hall–Kier alpha value is -3.46. The molecule has 0 aromatic carbocycles. The third-order valence-corrected chi connectivity index (χ3v) is 6.15. The highest BCUT2D eigenvalue weighted by Gasteiger charge is 2.20. The predicted molar refractivity (Wildman–Crippen MR) is 121 cm³/mol. The Bertz CT molecular complexity index is 1380. The third-order valence-electron chi connectivity index (χ3n) is 5.23. The molecule has 0 aliphatic carbocycles. The van der Waals surface area contributed by atoms with E-state index in [4.69, 9.17) is 0 Å². The molecule has 1 N–H and O–H groups in total. The Morgan fingerprint density at radius 2 is 1.97 bits per heavy atom. The molecule has 0 bridgehead atoms. The zero-order chi connectivity index (χ0) is 22.1. The lowest BCUT2D eigenvalue weighted by Gasteiger charge is -2.12. The van der Waals surface area contributed by atoms with E-state index in [1.807, 2.05) is 30.5 Å². The average Bonchev–Trinajstić information content (AvgIpc) is 3.44. The van der Waals surface area contributed by atoms with Crippen LogP contribution < -0.4 is 16.6 Å². The fraction of sp³-hybridized carbons (Fsp3) is 0.273. The first-order valence-corrected chi connectivity index (χ1v) is 10.9. The van der Waals surface area contributed by atoms with E-state index in [0.29, 0.717) is 29.8 Å². The van der Waals surface area contributed by atoms with E-state index in [1.165, 1.54) is 11.6 Å². The first kappa shape index (κ1) is 20.8. The van der Waals surface area contributed by atoms with Crippen molar-refractivity contribution in [1.29, 1.82) is 0 Å². The number of hydrogen-bond acceptors (Lipinski definition) is 5. The number of nitrogens with zero attached hydrogens (tertiary/aromatic N) is 4. The van der Waals surface area contributed by atoms with Gasteiger partial charge in [-0.15, -0.1) is 11.3 Å². The lowest BCUT2D eigenvalue weighted by molar-refractivity contribution is 0.0942. The highest BCUT2D eigenvalue weighted by atomic mass is 32.1. The van der Waals surface area contributed by atoms with Crippen LogP contribution in [-0.2, 0) is 27.2 Å². The van der Waals surface area contributed by atoms with Gasteiger partial charge in [-0.05, 0) is 35.6 Å². The number of amides is 1. The van der Waals surface area contributed by atoms with Crippen molar-refractivity contribution in [2.45, 2.75) is 26.4 Å².